The standard InChI is InChI=1S/C15H25N3O2S/c1-14-4-6-15(7-5-14)21(19,20)16-8-3-9-18-12-10-17(2)11-13-18/h4-7,16H,3,8-13H2,1-2H3/p+2. The van der Waals surface area contributed by atoms with E-state index in [1.807, 2.05) is 19.1 Å². The molecule has 0 unspecified atom stereocenters. The van der Waals surface area contributed by atoms with Gasteiger partial charge in [0.05, 0.1) is 18.5 Å². The molecule has 0 spiro atoms. The molecule has 0 radical (unpaired) electrons. The summed E-state index contributed by atoms with van der Waals surface area (Å²) in [6.07, 6.45) is 0.888. The molecule has 2 rings (SSSR count). The van der Waals surface area contributed by atoms with Gasteiger partial charge in [0.25, 0.3) is 0 Å². The fraction of sp³-hybridized carbons (Fsp3) is 0.600. The third kappa shape index (κ3) is 5.07. The van der Waals surface area contributed by atoms with Crippen molar-refractivity contribution in [1.29, 1.82) is 0 Å². The minimum Gasteiger partial charge on any atom is -0.328 e. The topological polar surface area (TPSA) is 55.0 Å². The fourth-order valence-electron chi connectivity index (χ4n) is 2.63. The highest BCUT2D eigenvalue weighted by atomic mass is 32.2. The van der Waals surface area contributed by atoms with E-state index in [0.717, 1.165) is 18.5 Å². The summed E-state index contributed by atoms with van der Waals surface area (Å²) in [5, 5.41) is 0. The van der Waals surface area contributed by atoms with Gasteiger partial charge in [-0.3, -0.25) is 0 Å². The van der Waals surface area contributed by atoms with Crippen molar-refractivity contribution in [3.8, 4) is 0 Å². The Kier molecular flexibility index (Phi) is 5.75. The fourth-order valence-corrected chi connectivity index (χ4v) is 3.70. The van der Waals surface area contributed by atoms with Crippen LogP contribution < -0.4 is 14.5 Å². The molecule has 0 atom stereocenters. The summed E-state index contributed by atoms with van der Waals surface area (Å²) in [4.78, 5) is 3.54. The average molecular weight is 313 g/mol. The summed E-state index contributed by atoms with van der Waals surface area (Å²) in [6.45, 7) is 8.32. The van der Waals surface area contributed by atoms with Crippen LogP contribution in [0.3, 0.4) is 0 Å². The molecule has 0 amide bonds. The van der Waals surface area contributed by atoms with Crippen molar-refractivity contribution in [1.82, 2.24) is 4.72 Å². The lowest BCUT2D eigenvalue weighted by Crippen LogP contribution is -3.27. The van der Waals surface area contributed by atoms with E-state index in [9.17, 15) is 8.42 Å². The Morgan fingerprint density at radius 3 is 2.33 bits per heavy atom. The van der Waals surface area contributed by atoms with E-state index in [1.54, 1.807) is 21.9 Å². The largest absolute Gasteiger partial charge is 0.328 e. The number of rotatable bonds is 6. The monoisotopic (exact) mass is 313 g/mol. The van der Waals surface area contributed by atoms with Gasteiger partial charge in [-0.15, -0.1) is 0 Å². The molecule has 0 saturated carbocycles. The zero-order valence-electron chi connectivity index (χ0n) is 13.0. The SMILES string of the molecule is Cc1ccc(S(=O)(=O)NCCC[NH+]2CC[NH+](C)CC2)cc1. The molecule has 1 aromatic carbocycles. The van der Waals surface area contributed by atoms with Gasteiger partial charge in [-0.25, -0.2) is 13.1 Å². The van der Waals surface area contributed by atoms with Crippen molar-refractivity contribution < 1.29 is 18.2 Å². The molecule has 3 N–H and O–H groups in total. The molecule has 0 bridgehead atoms. The van der Waals surface area contributed by atoms with E-state index in [1.165, 1.54) is 26.2 Å². The number of hydrogen-bond acceptors (Lipinski definition) is 2. The Morgan fingerprint density at radius 1 is 1.10 bits per heavy atom. The maximum Gasteiger partial charge on any atom is 0.240 e. The minimum atomic E-state index is -3.35. The summed E-state index contributed by atoms with van der Waals surface area (Å²) in [7, 11) is -1.12. The molecule has 5 nitrogen and oxygen atoms in total. The number of nitrogens with one attached hydrogen (secondary N) is 3. The Hall–Kier alpha value is -0.950. The second-order valence-electron chi connectivity index (χ2n) is 6.02. The van der Waals surface area contributed by atoms with Crippen LogP contribution in [0.2, 0.25) is 0 Å². The Balaban J connectivity index is 1.73. The van der Waals surface area contributed by atoms with Gasteiger partial charge in [0.1, 0.15) is 26.2 Å². The highest BCUT2D eigenvalue weighted by molar-refractivity contribution is 7.89. The second-order valence-corrected chi connectivity index (χ2v) is 7.79. The zero-order chi connectivity index (χ0) is 15.3. The van der Waals surface area contributed by atoms with Crippen molar-refractivity contribution in [2.24, 2.45) is 0 Å². The van der Waals surface area contributed by atoms with E-state index in [2.05, 4.69) is 11.8 Å². The van der Waals surface area contributed by atoms with Gasteiger partial charge in [-0.1, -0.05) is 17.7 Å². The van der Waals surface area contributed by atoms with Gasteiger partial charge in [-0.2, -0.15) is 0 Å². The first-order chi connectivity index (χ1) is 9.97. The van der Waals surface area contributed by atoms with Gasteiger partial charge in [0.2, 0.25) is 10.0 Å². The maximum atomic E-state index is 12.1. The van der Waals surface area contributed by atoms with Crippen molar-refractivity contribution in [3.05, 3.63) is 29.8 Å². The van der Waals surface area contributed by atoms with E-state index in [0.29, 0.717) is 11.4 Å². The highest BCUT2D eigenvalue weighted by Gasteiger charge is 2.19. The van der Waals surface area contributed by atoms with Crippen LogP contribution in [0.5, 0.6) is 0 Å². The summed E-state index contributed by atoms with van der Waals surface area (Å²) in [5.74, 6) is 0. The predicted molar refractivity (Wildman–Crippen MR) is 83.2 cm³/mol. The first-order valence-corrected chi connectivity index (χ1v) is 9.17. The van der Waals surface area contributed by atoms with Crippen LogP contribution in [0, 0.1) is 6.92 Å². The molecule has 1 aromatic rings. The Bertz CT molecular complexity index is 535. The van der Waals surface area contributed by atoms with Gasteiger partial charge < -0.3 is 9.80 Å². The summed E-state index contributed by atoms with van der Waals surface area (Å²) in [6, 6.07) is 6.97. The highest BCUT2D eigenvalue weighted by Crippen LogP contribution is 2.09. The van der Waals surface area contributed by atoms with Crippen LogP contribution in [0.1, 0.15) is 12.0 Å². The van der Waals surface area contributed by atoms with Gasteiger partial charge >= 0.3 is 0 Å². The van der Waals surface area contributed by atoms with Crippen LogP contribution in [-0.2, 0) is 10.0 Å². The van der Waals surface area contributed by atoms with Crippen molar-refractivity contribution >= 4 is 10.0 Å². The molecule has 6 heteroatoms. The van der Waals surface area contributed by atoms with E-state index in [4.69, 9.17) is 0 Å². The lowest BCUT2D eigenvalue weighted by Gasteiger charge is -2.27. The second kappa shape index (κ2) is 7.35. The molecular weight excluding hydrogens is 286 g/mol. The van der Waals surface area contributed by atoms with Crippen LogP contribution in [0.15, 0.2) is 29.2 Å². The first-order valence-electron chi connectivity index (χ1n) is 7.68. The maximum absolute atomic E-state index is 12.1. The van der Waals surface area contributed by atoms with E-state index >= 15 is 0 Å². The predicted octanol–water partition coefficient (Wildman–Crippen LogP) is -1.92. The minimum absolute atomic E-state index is 0.351. The van der Waals surface area contributed by atoms with Crippen LogP contribution in [-0.4, -0.2) is 54.7 Å². The van der Waals surface area contributed by atoms with Gasteiger partial charge in [-0.05, 0) is 19.1 Å². The molecule has 21 heavy (non-hydrogen) atoms. The molecule has 0 aliphatic carbocycles. The lowest BCUT2D eigenvalue weighted by molar-refractivity contribution is -1.00. The lowest BCUT2D eigenvalue weighted by atomic mass is 10.2. The molecule has 118 valence electrons. The first kappa shape index (κ1) is 16.4. The quantitative estimate of drug-likeness (QED) is 0.536. The number of benzene rings is 1. The van der Waals surface area contributed by atoms with E-state index in [-0.39, 0.29) is 0 Å². The molecule has 0 aromatic heterocycles. The van der Waals surface area contributed by atoms with Crippen molar-refractivity contribution in [2.75, 3.05) is 46.3 Å². The molecule has 1 fully saturated rings. The van der Waals surface area contributed by atoms with Crippen LogP contribution >= 0.6 is 0 Å². The molecule has 1 heterocycles. The summed E-state index contributed by atoms with van der Waals surface area (Å²) >= 11 is 0. The molecule has 1 saturated heterocycles. The van der Waals surface area contributed by atoms with Crippen molar-refractivity contribution in [2.45, 2.75) is 18.2 Å². The number of aryl methyl sites for hydroxylation is 1. The third-order valence-electron chi connectivity index (χ3n) is 4.14. The average Bonchev–Trinajstić information content (AvgIpc) is 2.46. The zero-order valence-corrected chi connectivity index (χ0v) is 13.8. The number of sulfonamides is 1. The number of hydrogen-bond donors (Lipinski definition) is 3. The Morgan fingerprint density at radius 2 is 1.71 bits per heavy atom. The van der Waals surface area contributed by atoms with Gasteiger partial charge in [0, 0.05) is 13.0 Å². The molecular formula is C15H27N3O2S+2. The van der Waals surface area contributed by atoms with Crippen LogP contribution in [0.4, 0.5) is 0 Å². The Labute approximate surface area is 128 Å². The number of quaternary nitrogens is 2. The summed E-state index contributed by atoms with van der Waals surface area (Å²) in [5.41, 5.74) is 1.06. The molecule has 1 aliphatic heterocycles. The number of piperazine rings is 1. The van der Waals surface area contributed by atoms with Crippen LogP contribution in [0.25, 0.3) is 0 Å². The van der Waals surface area contributed by atoms with Gasteiger partial charge in [0.15, 0.2) is 0 Å². The molecule has 1 aliphatic rings. The number of likely N-dealkylation sites (N-methyl/N-ethyl adjacent to an activating group) is 1. The van der Waals surface area contributed by atoms with Crippen molar-refractivity contribution in [3.63, 3.8) is 0 Å². The summed E-state index contributed by atoms with van der Waals surface area (Å²) < 4.78 is 26.9. The third-order valence-corrected chi connectivity index (χ3v) is 5.62. The smallest absolute Gasteiger partial charge is 0.240 e. The van der Waals surface area contributed by atoms with E-state index < -0.39 is 10.0 Å². The normalized spacial score (nSPS) is 23.1.